The van der Waals surface area contributed by atoms with E-state index < -0.39 is 6.09 Å². The normalized spacial score (nSPS) is 10.3. The molecular formula is C20H19N3O2. The van der Waals surface area contributed by atoms with Crippen molar-refractivity contribution in [3.63, 3.8) is 0 Å². The standard InChI is InChI=1S/C20H19N3O2/c1-15-2-3-18(13-22-15)12-16-4-6-19(7-5-16)23-20(24)25-14-17-8-10-21-11-9-17/h2-11,13H,12,14H2,1H3,(H,23,24). The van der Waals surface area contributed by atoms with Crippen LogP contribution in [0.1, 0.15) is 22.4 Å². The fraction of sp³-hybridized carbons (Fsp3) is 0.150. The fourth-order valence-electron chi connectivity index (χ4n) is 2.33. The van der Waals surface area contributed by atoms with E-state index in [1.54, 1.807) is 12.4 Å². The number of hydrogen-bond acceptors (Lipinski definition) is 4. The third-order valence-corrected chi connectivity index (χ3v) is 3.70. The molecule has 2 heterocycles. The Morgan fingerprint density at radius 1 is 0.960 bits per heavy atom. The largest absolute Gasteiger partial charge is 0.444 e. The first-order valence-corrected chi connectivity index (χ1v) is 8.02. The lowest BCUT2D eigenvalue weighted by Gasteiger charge is -2.08. The molecule has 1 amide bonds. The number of pyridine rings is 2. The Hall–Kier alpha value is -3.21. The van der Waals surface area contributed by atoms with Gasteiger partial charge in [-0.15, -0.1) is 0 Å². The number of amides is 1. The second-order valence-electron chi connectivity index (χ2n) is 5.74. The molecule has 3 rings (SSSR count). The Morgan fingerprint density at radius 3 is 2.36 bits per heavy atom. The highest BCUT2D eigenvalue weighted by Gasteiger charge is 2.04. The maximum atomic E-state index is 11.8. The average molecular weight is 333 g/mol. The van der Waals surface area contributed by atoms with Gasteiger partial charge < -0.3 is 4.74 Å². The summed E-state index contributed by atoms with van der Waals surface area (Å²) in [5, 5.41) is 2.72. The van der Waals surface area contributed by atoms with Crippen LogP contribution in [0.5, 0.6) is 0 Å². The van der Waals surface area contributed by atoms with Crippen molar-refractivity contribution in [3.05, 3.63) is 89.5 Å². The zero-order chi connectivity index (χ0) is 17.5. The lowest BCUT2D eigenvalue weighted by molar-refractivity contribution is 0.155. The maximum absolute atomic E-state index is 11.8. The summed E-state index contributed by atoms with van der Waals surface area (Å²) in [5.74, 6) is 0. The third-order valence-electron chi connectivity index (χ3n) is 3.70. The lowest BCUT2D eigenvalue weighted by Crippen LogP contribution is -2.13. The Kier molecular flexibility index (Phi) is 5.36. The molecule has 0 saturated heterocycles. The Labute approximate surface area is 146 Å². The monoisotopic (exact) mass is 333 g/mol. The summed E-state index contributed by atoms with van der Waals surface area (Å²) in [5.41, 5.74) is 4.91. The van der Waals surface area contributed by atoms with Crippen LogP contribution in [0.2, 0.25) is 0 Å². The molecule has 0 aliphatic carbocycles. The maximum Gasteiger partial charge on any atom is 0.411 e. The first-order chi connectivity index (χ1) is 12.2. The molecule has 0 aliphatic rings. The van der Waals surface area contributed by atoms with Gasteiger partial charge in [0.05, 0.1) is 0 Å². The molecule has 0 spiro atoms. The number of aromatic nitrogens is 2. The van der Waals surface area contributed by atoms with Crippen molar-refractivity contribution in [2.24, 2.45) is 0 Å². The van der Waals surface area contributed by atoms with Gasteiger partial charge in [-0.25, -0.2) is 4.79 Å². The second-order valence-corrected chi connectivity index (χ2v) is 5.74. The number of carbonyl (C=O) groups is 1. The number of hydrogen-bond donors (Lipinski definition) is 1. The van der Waals surface area contributed by atoms with Gasteiger partial charge in [-0.05, 0) is 60.4 Å². The molecule has 1 aromatic carbocycles. The molecule has 0 radical (unpaired) electrons. The quantitative estimate of drug-likeness (QED) is 0.762. The van der Waals surface area contributed by atoms with E-state index in [-0.39, 0.29) is 6.61 Å². The van der Waals surface area contributed by atoms with E-state index >= 15 is 0 Å². The third kappa shape index (κ3) is 5.14. The van der Waals surface area contributed by atoms with Gasteiger partial charge in [-0.2, -0.15) is 0 Å². The minimum Gasteiger partial charge on any atom is -0.444 e. The van der Waals surface area contributed by atoms with Crippen LogP contribution in [0.15, 0.2) is 67.1 Å². The van der Waals surface area contributed by atoms with E-state index in [0.29, 0.717) is 5.69 Å². The number of nitrogens with zero attached hydrogens (tertiary/aromatic N) is 2. The molecule has 0 aliphatic heterocycles. The number of anilines is 1. The summed E-state index contributed by atoms with van der Waals surface area (Å²) in [4.78, 5) is 20.1. The molecule has 0 unspecified atom stereocenters. The van der Waals surface area contributed by atoms with Crippen LogP contribution in [-0.2, 0) is 17.8 Å². The van der Waals surface area contributed by atoms with E-state index in [2.05, 4.69) is 21.4 Å². The van der Waals surface area contributed by atoms with Gasteiger partial charge in [-0.3, -0.25) is 15.3 Å². The van der Waals surface area contributed by atoms with E-state index in [1.165, 1.54) is 0 Å². The molecule has 0 saturated carbocycles. The summed E-state index contributed by atoms with van der Waals surface area (Å²) < 4.78 is 5.18. The summed E-state index contributed by atoms with van der Waals surface area (Å²) in [6, 6.07) is 15.4. The van der Waals surface area contributed by atoms with E-state index in [9.17, 15) is 4.79 Å². The Bertz CT molecular complexity index is 816. The van der Waals surface area contributed by atoms with E-state index in [4.69, 9.17) is 4.74 Å². The molecule has 2 aromatic heterocycles. The van der Waals surface area contributed by atoms with Gasteiger partial charge in [0.2, 0.25) is 0 Å². The number of aryl methyl sites for hydroxylation is 1. The minimum atomic E-state index is -0.479. The van der Waals surface area contributed by atoms with Crippen LogP contribution in [0.4, 0.5) is 10.5 Å². The van der Waals surface area contributed by atoms with Crippen molar-refractivity contribution in [2.45, 2.75) is 20.0 Å². The van der Waals surface area contributed by atoms with Gasteiger partial charge in [-0.1, -0.05) is 18.2 Å². The molecule has 0 fully saturated rings. The van der Waals surface area contributed by atoms with Gasteiger partial charge in [0.25, 0.3) is 0 Å². The van der Waals surface area contributed by atoms with E-state index in [0.717, 1.165) is 28.8 Å². The molecule has 1 N–H and O–H groups in total. The van der Waals surface area contributed by atoms with Crippen LogP contribution >= 0.6 is 0 Å². The van der Waals surface area contributed by atoms with Gasteiger partial charge in [0.15, 0.2) is 0 Å². The number of ether oxygens (including phenoxy) is 1. The minimum absolute atomic E-state index is 0.215. The highest BCUT2D eigenvalue weighted by molar-refractivity contribution is 5.84. The molecule has 3 aromatic rings. The van der Waals surface area contributed by atoms with E-state index in [1.807, 2.05) is 55.6 Å². The molecule has 0 bridgehead atoms. The predicted octanol–water partition coefficient (Wildman–Crippen LogP) is 4.12. The summed E-state index contributed by atoms with van der Waals surface area (Å²) in [7, 11) is 0. The van der Waals surface area contributed by atoms with Gasteiger partial charge in [0, 0.05) is 30.0 Å². The van der Waals surface area contributed by atoms with Gasteiger partial charge in [0.1, 0.15) is 6.61 Å². The second kappa shape index (κ2) is 8.06. The number of carbonyl (C=O) groups excluding carboxylic acids is 1. The van der Waals surface area contributed by atoms with Crippen molar-refractivity contribution in [3.8, 4) is 0 Å². The topological polar surface area (TPSA) is 64.1 Å². The zero-order valence-corrected chi connectivity index (χ0v) is 14.0. The smallest absolute Gasteiger partial charge is 0.411 e. The highest BCUT2D eigenvalue weighted by atomic mass is 16.5. The Balaban J connectivity index is 1.51. The first-order valence-electron chi connectivity index (χ1n) is 8.02. The fourth-order valence-corrected chi connectivity index (χ4v) is 2.33. The van der Waals surface area contributed by atoms with Crippen molar-refractivity contribution < 1.29 is 9.53 Å². The molecule has 0 atom stereocenters. The molecule has 25 heavy (non-hydrogen) atoms. The van der Waals surface area contributed by atoms with Crippen molar-refractivity contribution in [2.75, 3.05) is 5.32 Å². The average Bonchev–Trinajstić information content (AvgIpc) is 2.64. The predicted molar refractivity (Wildman–Crippen MR) is 96.3 cm³/mol. The van der Waals surface area contributed by atoms with Crippen LogP contribution < -0.4 is 5.32 Å². The van der Waals surface area contributed by atoms with Crippen LogP contribution in [0.25, 0.3) is 0 Å². The van der Waals surface area contributed by atoms with Crippen molar-refractivity contribution in [1.29, 1.82) is 0 Å². The first kappa shape index (κ1) is 16.6. The summed E-state index contributed by atoms with van der Waals surface area (Å²) in [6.45, 7) is 2.19. The van der Waals surface area contributed by atoms with Crippen LogP contribution in [0.3, 0.4) is 0 Å². The van der Waals surface area contributed by atoms with Crippen molar-refractivity contribution in [1.82, 2.24) is 9.97 Å². The number of benzene rings is 1. The lowest BCUT2D eigenvalue weighted by atomic mass is 10.1. The zero-order valence-electron chi connectivity index (χ0n) is 14.0. The van der Waals surface area contributed by atoms with Crippen LogP contribution in [0, 0.1) is 6.92 Å². The SMILES string of the molecule is Cc1ccc(Cc2ccc(NC(=O)OCc3ccncc3)cc2)cn1. The summed E-state index contributed by atoms with van der Waals surface area (Å²) in [6.07, 6.45) is 5.54. The molecular weight excluding hydrogens is 314 g/mol. The van der Waals surface area contributed by atoms with Gasteiger partial charge >= 0.3 is 6.09 Å². The molecule has 5 heteroatoms. The molecule has 126 valence electrons. The summed E-state index contributed by atoms with van der Waals surface area (Å²) >= 11 is 0. The number of rotatable bonds is 5. The van der Waals surface area contributed by atoms with Crippen molar-refractivity contribution >= 4 is 11.8 Å². The number of nitrogens with one attached hydrogen (secondary N) is 1. The molecule has 5 nitrogen and oxygen atoms in total. The highest BCUT2D eigenvalue weighted by Crippen LogP contribution is 2.14. The van der Waals surface area contributed by atoms with Crippen LogP contribution in [-0.4, -0.2) is 16.1 Å². The Morgan fingerprint density at radius 2 is 1.68 bits per heavy atom.